The van der Waals surface area contributed by atoms with Crippen LogP contribution in [0.3, 0.4) is 0 Å². The predicted molar refractivity (Wildman–Crippen MR) is 92.1 cm³/mol. The highest BCUT2D eigenvalue weighted by atomic mass is 127. The van der Waals surface area contributed by atoms with Gasteiger partial charge in [-0.2, -0.15) is 8.78 Å². The molecule has 1 aromatic carbocycles. The van der Waals surface area contributed by atoms with Crippen molar-refractivity contribution in [2.24, 2.45) is 0 Å². The van der Waals surface area contributed by atoms with E-state index in [9.17, 15) is 18.4 Å². The van der Waals surface area contributed by atoms with E-state index < -0.39 is 30.9 Å². The number of carboxylic acids is 1. The minimum Gasteiger partial charge on any atom is -0.477 e. The molecular weight excluding hydrogens is 615 g/mol. The van der Waals surface area contributed by atoms with E-state index in [1.165, 1.54) is 0 Å². The second kappa shape index (κ2) is 7.47. The molecule has 0 spiro atoms. The predicted octanol–water partition coefficient (Wildman–Crippen LogP) is 3.77. The van der Waals surface area contributed by atoms with Gasteiger partial charge >= 0.3 is 17.9 Å². The summed E-state index contributed by atoms with van der Waals surface area (Å²) in [5.74, 6) is -6.87. The first-order valence-electron chi connectivity index (χ1n) is 5.08. The fraction of sp³-hybridized carbons (Fsp3) is 0.273. The van der Waals surface area contributed by atoms with Gasteiger partial charge in [0.25, 0.3) is 0 Å². The monoisotopic (exact) mass is 622 g/mol. The van der Waals surface area contributed by atoms with Crippen molar-refractivity contribution in [2.45, 2.75) is 12.3 Å². The van der Waals surface area contributed by atoms with Gasteiger partial charge in [0.05, 0.1) is 18.6 Å². The van der Waals surface area contributed by atoms with Crippen LogP contribution < -0.4 is 0 Å². The van der Waals surface area contributed by atoms with Crippen molar-refractivity contribution in [1.29, 1.82) is 0 Å². The molecule has 0 saturated carbocycles. The van der Waals surface area contributed by atoms with Crippen LogP contribution >= 0.6 is 67.8 Å². The number of hydrogen-bond acceptors (Lipinski definition) is 3. The maximum absolute atomic E-state index is 12.8. The first-order chi connectivity index (χ1) is 9.15. The number of aliphatic carboxylic acids is 1. The average molecular weight is 622 g/mol. The molecule has 0 aliphatic heterocycles. The third kappa shape index (κ3) is 4.89. The van der Waals surface area contributed by atoms with Crippen molar-refractivity contribution in [3.8, 4) is 0 Å². The van der Waals surface area contributed by atoms with Gasteiger partial charge in [0.2, 0.25) is 0 Å². The molecule has 0 atom stereocenters. The van der Waals surface area contributed by atoms with E-state index in [1.807, 2.05) is 51.2 Å². The SMILES string of the molecule is O=C(OCCC(F)(F)C(=O)O)c1cc(I)cc(I)c1I. The van der Waals surface area contributed by atoms with E-state index in [2.05, 4.69) is 22.6 Å². The minimum absolute atomic E-state index is 0.278. The van der Waals surface area contributed by atoms with Gasteiger partial charge in [-0.05, 0) is 79.9 Å². The summed E-state index contributed by atoms with van der Waals surface area (Å²) in [4.78, 5) is 22.0. The number of carbonyl (C=O) groups is 2. The van der Waals surface area contributed by atoms with Gasteiger partial charge in [-0.3, -0.25) is 0 Å². The van der Waals surface area contributed by atoms with Gasteiger partial charge in [-0.15, -0.1) is 0 Å². The van der Waals surface area contributed by atoms with E-state index in [4.69, 9.17) is 9.84 Å². The van der Waals surface area contributed by atoms with Crippen LogP contribution in [-0.2, 0) is 9.53 Å². The molecule has 110 valence electrons. The Morgan fingerprint density at radius 3 is 2.40 bits per heavy atom. The number of alkyl halides is 2. The lowest BCUT2D eigenvalue weighted by atomic mass is 10.2. The van der Waals surface area contributed by atoms with Crippen molar-refractivity contribution in [3.05, 3.63) is 28.4 Å². The third-order valence-corrected chi connectivity index (χ3v) is 5.84. The Balaban J connectivity index is 2.72. The fourth-order valence-corrected chi connectivity index (χ4v) is 3.54. The van der Waals surface area contributed by atoms with Crippen LogP contribution in [0, 0.1) is 10.7 Å². The highest BCUT2D eigenvalue weighted by Crippen LogP contribution is 2.24. The molecule has 1 N–H and O–H groups in total. The average Bonchev–Trinajstić information content (AvgIpc) is 2.33. The van der Waals surface area contributed by atoms with Crippen LogP contribution in [0.1, 0.15) is 16.8 Å². The normalized spacial score (nSPS) is 11.2. The van der Waals surface area contributed by atoms with E-state index in [1.54, 1.807) is 6.07 Å². The summed E-state index contributed by atoms with van der Waals surface area (Å²) < 4.78 is 32.7. The summed E-state index contributed by atoms with van der Waals surface area (Å²) in [6, 6.07) is 3.44. The fourth-order valence-electron chi connectivity index (χ4n) is 1.16. The molecule has 0 aliphatic rings. The summed E-state index contributed by atoms with van der Waals surface area (Å²) >= 11 is 6.04. The molecule has 4 nitrogen and oxygen atoms in total. The molecule has 1 rings (SSSR count). The largest absolute Gasteiger partial charge is 0.477 e. The number of ether oxygens (including phenoxy) is 1. The van der Waals surface area contributed by atoms with E-state index in [0.29, 0.717) is 3.57 Å². The number of carbonyl (C=O) groups excluding carboxylic acids is 1. The van der Waals surface area contributed by atoms with E-state index in [0.717, 1.165) is 7.14 Å². The second-order valence-electron chi connectivity index (χ2n) is 3.64. The number of carboxylic acid groups (broad SMARTS) is 1. The van der Waals surface area contributed by atoms with Crippen LogP contribution in [0.2, 0.25) is 0 Å². The topological polar surface area (TPSA) is 63.6 Å². The molecule has 20 heavy (non-hydrogen) atoms. The molecule has 9 heteroatoms. The Labute approximate surface area is 154 Å². The van der Waals surface area contributed by atoms with Crippen molar-refractivity contribution in [2.75, 3.05) is 6.61 Å². The summed E-state index contributed by atoms with van der Waals surface area (Å²) in [6.45, 7) is -0.656. The van der Waals surface area contributed by atoms with Crippen LogP contribution in [-0.4, -0.2) is 29.6 Å². The zero-order valence-corrected chi connectivity index (χ0v) is 16.1. The molecule has 0 aromatic heterocycles. The zero-order chi connectivity index (χ0) is 15.5. The van der Waals surface area contributed by atoms with Gasteiger partial charge in [0.1, 0.15) is 0 Å². The summed E-state index contributed by atoms with van der Waals surface area (Å²) in [6.07, 6.45) is -1.05. The van der Waals surface area contributed by atoms with Gasteiger partial charge < -0.3 is 9.84 Å². The Morgan fingerprint density at radius 2 is 1.85 bits per heavy atom. The first-order valence-corrected chi connectivity index (χ1v) is 8.31. The Bertz CT molecular complexity index is 549. The lowest BCUT2D eigenvalue weighted by molar-refractivity contribution is -0.166. The molecule has 0 aliphatic carbocycles. The van der Waals surface area contributed by atoms with Gasteiger partial charge in [0, 0.05) is 10.7 Å². The third-order valence-electron chi connectivity index (χ3n) is 2.17. The van der Waals surface area contributed by atoms with E-state index >= 15 is 0 Å². The molecule has 0 bridgehead atoms. The number of hydrogen-bond donors (Lipinski definition) is 1. The molecule has 0 unspecified atom stereocenters. The Hall–Kier alpha value is 0.210. The van der Waals surface area contributed by atoms with Crippen molar-refractivity contribution in [1.82, 2.24) is 0 Å². The first kappa shape index (κ1) is 18.3. The standard InChI is InChI=1S/C11H7F2I3O4/c12-11(13,10(18)19)1-2-20-9(17)6-3-5(14)4-7(15)8(6)16/h3-4H,1-2H2,(H,18,19). The van der Waals surface area contributed by atoms with Gasteiger partial charge in [-0.25, -0.2) is 9.59 Å². The lowest BCUT2D eigenvalue weighted by Crippen LogP contribution is -2.30. The van der Waals surface area contributed by atoms with E-state index in [-0.39, 0.29) is 5.56 Å². The van der Waals surface area contributed by atoms with Gasteiger partial charge in [0.15, 0.2) is 0 Å². The number of esters is 1. The molecule has 0 heterocycles. The Kier molecular flexibility index (Phi) is 6.82. The lowest BCUT2D eigenvalue weighted by Gasteiger charge is -2.12. The molecular formula is C11H7F2I3O4. The second-order valence-corrected chi connectivity index (χ2v) is 7.13. The molecule has 0 fully saturated rings. The molecule has 0 saturated heterocycles. The molecule has 1 aromatic rings. The number of rotatable bonds is 5. The van der Waals surface area contributed by atoms with Gasteiger partial charge in [-0.1, -0.05) is 0 Å². The zero-order valence-electron chi connectivity index (χ0n) is 9.63. The smallest absolute Gasteiger partial charge is 0.374 e. The van der Waals surface area contributed by atoms with Crippen LogP contribution in [0.15, 0.2) is 12.1 Å². The quantitative estimate of drug-likeness (QED) is 0.309. The number of halogens is 5. The molecule has 0 amide bonds. The Morgan fingerprint density at radius 1 is 1.25 bits per heavy atom. The summed E-state index contributed by atoms with van der Waals surface area (Å²) in [5.41, 5.74) is 0.278. The summed E-state index contributed by atoms with van der Waals surface area (Å²) in [5, 5.41) is 8.25. The van der Waals surface area contributed by atoms with Crippen molar-refractivity contribution >= 4 is 79.7 Å². The minimum atomic E-state index is -3.90. The van der Waals surface area contributed by atoms with Crippen molar-refractivity contribution < 1.29 is 28.2 Å². The van der Waals surface area contributed by atoms with Crippen LogP contribution in [0.25, 0.3) is 0 Å². The van der Waals surface area contributed by atoms with Crippen LogP contribution in [0.4, 0.5) is 8.78 Å². The number of benzene rings is 1. The maximum Gasteiger partial charge on any atom is 0.374 e. The highest BCUT2D eigenvalue weighted by molar-refractivity contribution is 14.1. The maximum atomic E-state index is 12.8. The van der Waals surface area contributed by atoms with Crippen LogP contribution in [0.5, 0.6) is 0 Å². The van der Waals surface area contributed by atoms with Crippen molar-refractivity contribution in [3.63, 3.8) is 0 Å². The highest BCUT2D eigenvalue weighted by Gasteiger charge is 2.38. The summed E-state index contributed by atoms with van der Waals surface area (Å²) in [7, 11) is 0. The molecule has 0 radical (unpaired) electrons.